The van der Waals surface area contributed by atoms with Gasteiger partial charge in [-0.1, -0.05) is 0 Å². The van der Waals surface area contributed by atoms with Crippen LogP contribution in [0.4, 0.5) is 0 Å². The summed E-state index contributed by atoms with van der Waals surface area (Å²) >= 11 is 0. The van der Waals surface area contributed by atoms with E-state index in [0.29, 0.717) is 0 Å². The second-order valence-electron chi connectivity index (χ2n) is 2.86. The van der Waals surface area contributed by atoms with Crippen LogP contribution in [0.25, 0.3) is 0 Å². The minimum atomic E-state index is -0.372. The van der Waals surface area contributed by atoms with Gasteiger partial charge in [-0.15, -0.1) is 0 Å². The van der Waals surface area contributed by atoms with Crippen molar-refractivity contribution in [3.63, 3.8) is 0 Å². The molecule has 1 N–H and O–H groups in total. The standard InChI is InChI=1S/C7H12N2O2/c1-4-7(11)9(3)5(2)6(10)8-4/h4-5H,1-3H3,(H,8,10)/t4-,5+/m1/s1. The van der Waals surface area contributed by atoms with Gasteiger partial charge < -0.3 is 10.2 Å². The van der Waals surface area contributed by atoms with Gasteiger partial charge >= 0.3 is 0 Å². The Bertz CT molecular complexity index is 203. The second-order valence-corrected chi connectivity index (χ2v) is 2.86. The molecule has 1 aliphatic heterocycles. The molecule has 1 aliphatic rings. The van der Waals surface area contributed by atoms with Crippen molar-refractivity contribution in [2.24, 2.45) is 0 Å². The lowest BCUT2D eigenvalue weighted by molar-refractivity contribution is -0.146. The fraction of sp³-hybridized carbons (Fsp3) is 0.714. The van der Waals surface area contributed by atoms with Gasteiger partial charge in [-0.25, -0.2) is 0 Å². The summed E-state index contributed by atoms with van der Waals surface area (Å²) < 4.78 is 0. The summed E-state index contributed by atoms with van der Waals surface area (Å²) in [7, 11) is 1.64. The third kappa shape index (κ3) is 1.20. The molecule has 0 aromatic carbocycles. The van der Waals surface area contributed by atoms with Gasteiger partial charge in [0.25, 0.3) is 0 Å². The Hall–Kier alpha value is -1.06. The molecule has 11 heavy (non-hydrogen) atoms. The minimum Gasteiger partial charge on any atom is -0.343 e. The van der Waals surface area contributed by atoms with Crippen LogP contribution >= 0.6 is 0 Å². The quantitative estimate of drug-likeness (QED) is 0.506. The van der Waals surface area contributed by atoms with Crippen LogP contribution < -0.4 is 5.32 Å². The number of hydrogen-bond donors (Lipinski definition) is 1. The maximum atomic E-state index is 11.2. The highest BCUT2D eigenvalue weighted by Crippen LogP contribution is 2.05. The molecule has 0 unspecified atom stereocenters. The summed E-state index contributed by atoms with van der Waals surface area (Å²) in [5.41, 5.74) is 0. The first-order valence-electron chi connectivity index (χ1n) is 3.61. The highest BCUT2D eigenvalue weighted by molar-refractivity contribution is 5.96. The first-order valence-corrected chi connectivity index (χ1v) is 3.61. The molecule has 2 atom stereocenters. The predicted octanol–water partition coefficient (Wildman–Crippen LogP) is -0.648. The van der Waals surface area contributed by atoms with Gasteiger partial charge in [0.2, 0.25) is 11.8 Å². The third-order valence-electron chi connectivity index (χ3n) is 2.04. The maximum absolute atomic E-state index is 11.2. The van der Waals surface area contributed by atoms with E-state index in [0.717, 1.165) is 0 Å². The van der Waals surface area contributed by atoms with Crippen molar-refractivity contribution < 1.29 is 9.59 Å². The Morgan fingerprint density at radius 2 is 1.91 bits per heavy atom. The number of rotatable bonds is 0. The van der Waals surface area contributed by atoms with E-state index in [2.05, 4.69) is 5.32 Å². The Kier molecular flexibility index (Phi) is 1.85. The number of hydrogen-bond acceptors (Lipinski definition) is 2. The smallest absolute Gasteiger partial charge is 0.245 e. The van der Waals surface area contributed by atoms with E-state index in [1.54, 1.807) is 20.9 Å². The van der Waals surface area contributed by atoms with Gasteiger partial charge in [0, 0.05) is 7.05 Å². The molecule has 0 aromatic rings. The normalized spacial score (nSPS) is 32.1. The molecular weight excluding hydrogens is 144 g/mol. The molecule has 4 heteroatoms. The molecule has 4 nitrogen and oxygen atoms in total. The molecular formula is C7H12N2O2. The van der Waals surface area contributed by atoms with Crippen LogP contribution in [0.15, 0.2) is 0 Å². The number of carbonyl (C=O) groups is 2. The maximum Gasteiger partial charge on any atom is 0.245 e. The lowest BCUT2D eigenvalue weighted by atomic mass is 10.1. The van der Waals surface area contributed by atoms with Crippen molar-refractivity contribution >= 4 is 11.8 Å². The molecule has 1 saturated heterocycles. The SMILES string of the molecule is C[C@H]1NC(=O)[C@H](C)N(C)C1=O. The Morgan fingerprint density at radius 3 is 2.45 bits per heavy atom. The van der Waals surface area contributed by atoms with Crippen molar-refractivity contribution in [1.29, 1.82) is 0 Å². The average molecular weight is 156 g/mol. The Balaban J connectivity index is 2.78. The van der Waals surface area contributed by atoms with Crippen molar-refractivity contribution in [2.45, 2.75) is 25.9 Å². The molecule has 0 aromatic heterocycles. The fourth-order valence-corrected chi connectivity index (χ4v) is 1.07. The topological polar surface area (TPSA) is 49.4 Å². The molecule has 0 radical (unpaired) electrons. The zero-order chi connectivity index (χ0) is 8.59. The number of amides is 2. The molecule has 0 saturated carbocycles. The second kappa shape index (κ2) is 2.53. The summed E-state index contributed by atoms with van der Waals surface area (Å²) in [6.07, 6.45) is 0. The number of nitrogens with zero attached hydrogens (tertiary/aromatic N) is 1. The third-order valence-corrected chi connectivity index (χ3v) is 2.04. The summed E-state index contributed by atoms with van der Waals surface area (Å²) in [5, 5.41) is 2.58. The number of piperazine rings is 1. The first-order chi connectivity index (χ1) is 5.04. The zero-order valence-electron chi connectivity index (χ0n) is 6.92. The lowest BCUT2D eigenvalue weighted by Crippen LogP contribution is -2.59. The van der Waals surface area contributed by atoms with E-state index < -0.39 is 0 Å². The largest absolute Gasteiger partial charge is 0.343 e. The predicted molar refractivity (Wildman–Crippen MR) is 39.8 cm³/mol. The van der Waals surface area contributed by atoms with Crippen LogP contribution in [0.1, 0.15) is 13.8 Å². The number of likely N-dealkylation sites (N-methyl/N-ethyl adjacent to an activating group) is 1. The van der Waals surface area contributed by atoms with Crippen LogP contribution in [0.5, 0.6) is 0 Å². The number of carbonyl (C=O) groups excluding carboxylic acids is 2. The average Bonchev–Trinajstić information content (AvgIpc) is 1.97. The van der Waals surface area contributed by atoms with Crippen LogP contribution in [-0.2, 0) is 9.59 Å². The van der Waals surface area contributed by atoms with Gasteiger partial charge in [-0.2, -0.15) is 0 Å². The molecule has 1 rings (SSSR count). The van der Waals surface area contributed by atoms with Gasteiger partial charge in [-0.05, 0) is 13.8 Å². The zero-order valence-corrected chi connectivity index (χ0v) is 6.92. The summed E-state index contributed by atoms with van der Waals surface area (Å²) in [5.74, 6) is -0.114. The molecule has 62 valence electrons. The van der Waals surface area contributed by atoms with Crippen LogP contribution in [0, 0.1) is 0 Å². The van der Waals surface area contributed by atoms with Crippen molar-refractivity contribution in [3.05, 3.63) is 0 Å². The molecule has 0 spiro atoms. The van der Waals surface area contributed by atoms with E-state index in [9.17, 15) is 9.59 Å². The Labute approximate surface area is 65.6 Å². The van der Waals surface area contributed by atoms with E-state index in [4.69, 9.17) is 0 Å². The van der Waals surface area contributed by atoms with Crippen LogP contribution in [-0.4, -0.2) is 35.8 Å². The van der Waals surface area contributed by atoms with Gasteiger partial charge in [0.05, 0.1) is 0 Å². The fourth-order valence-electron chi connectivity index (χ4n) is 1.07. The molecule has 1 fully saturated rings. The first kappa shape index (κ1) is 8.04. The lowest BCUT2D eigenvalue weighted by Gasteiger charge is -2.32. The highest BCUT2D eigenvalue weighted by atomic mass is 16.2. The summed E-state index contributed by atoms with van der Waals surface area (Å²) in [6, 6.07) is -0.706. The van der Waals surface area contributed by atoms with E-state index in [-0.39, 0.29) is 23.9 Å². The van der Waals surface area contributed by atoms with Crippen LogP contribution in [0.3, 0.4) is 0 Å². The van der Waals surface area contributed by atoms with Crippen molar-refractivity contribution in [2.75, 3.05) is 7.05 Å². The van der Waals surface area contributed by atoms with Gasteiger partial charge in [-0.3, -0.25) is 9.59 Å². The van der Waals surface area contributed by atoms with E-state index >= 15 is 0 Å². The summed E-state index contributed by atoms with van der Waals surface area (Å²) in [4.78, 5) is 23.7. The van der Waals surface area contributed by atoms with Crippen LogP contribution in [0.2, 0.25) is 0 Å². The molecule has 0 aliphatic carbocycles. The van der Waals surface area contributed by atoms with E-state index in [1.807, 2.05) is 0 Å². The van der Waals surface area contributed by atoms with Gasteiger partial charge in [0.1, 0.15) is 12.1 Å². The Morgan fingerprint density at radius 1 is 1.36 bits per heavy atom. The summed E-state index contributed by atoms with van der Waals surface area (Å²) in [6.45, 7) is 3.39. The van der Waals surface area contributed by atoms with E-state index in [1.165, 1.54) is 4.90 Å². The minimum absolute atomic E-state index is 0.0305. The monoisotopic (exact) mass is 156 g/mol. The molecule has 0 bridgehead atoms. The van der Waals surface area contributed by atoms with Crippen molar-refractivity contribution in [1.82, 2.24) is 10.2 Å². The molecule has 2 amide bonds. The molecule has 1 heterocycles. The van der Waals surface area contributed by atoms with Gasteiger partial charge in [0.15, 0.2) is 0 Å². The number of nitrogens with one attached hydrogen (secondary N) is 1. The highest BCUT2D eigenvalue weighted by Gasteiger charge is 2.32. The van der Waals surface area contributed by atoms with Crippen molar-refractivity contribution in [3.8, 4) is 0 Å².